The summed E-state index contributed by atoms with van der Waals surface area (Å²) in [7, 11) is 1.63. The van der Waals surface area contributed by atoms with Gasteiger partial charge in [0.2, 0.25) is 4.96 Å². The Bertz CT molecular complexity index is 1270. The van der Waals surface area contributed by atoms with E-state index in [0.717, 1.165) is 22.6 Å². The Hall–Kier alpha value is -3.45. The summed E-state index contributed by atoms with van der Waals surface area (Å²) >= 11 is 1.31. The molecule has 4 rings (SSSR count). The van der Waals surface area contributed by atoms with E-state index in [-0.39, 0.29) is 5.56 Å². The Morgan fingerprint density at radius 1 is 1.14 bits per heavy atom. The highest BCUT2D eigenvalue weighted by Gasteiger charge is 2.11. The van der Waals surface area contributed by atoms with E-state index in [2.05, 4.69) is 10.1 Å². The van der Waals surface area contributed by atoms with Crippen LogP contribution in [0.25, 0.3) is 28.5 Å². The number of rotatable bonds is 6. The van der Waals surface area contributed by atoms with E-state index in [1.54, 1.807) is 13.2 Å². The zero-order valence-electron chi connectivity index (χ0n) is 16.0. The van der Waals surface area contributed by atoms with Gasteiger partial charge < -0.3 is 9.47 Å². The van der Waals surface area contributed by atoms with Crippen molar-refractivity contribution in [3.63, 3.8) is 0 Å². The predicted molar refractivity (Wildman–Crippen MR) is 115 cm³/mol. The second-order valence-electron chi connectivity index (χ2n) is 6.13. The smallest absolute Gasteiger partial charge is 0.291 e. The molecule has 6 nitrogen and oxygen atoms in total. The van der Waals surface area contributed by atoms with Crippen LogP contribution in [0, 0.1) is 0 Å². The number of fused-ring (bicyclic) bond motifs is 1. The summed E-state index contributed by atoms with van der Waals surface area (Å²) in [6, 6.07) is 15.2. The van der Waals surface area contributed by atoms with Gasteiger partial charge in [-0.05, 0) is 43.3 Å². The Morgan fingerprint density at radius 3 is 2.66 bits per heavy atom. The van der Waals surface area contributed by atoms with E-state index in [1.165, 1.54) is 15.9 Å². The molecule has 2 aromatic carbocycles. The Morgan fingerprint density at radius 2 is 1.93 bits per heavy atom. The number of hydrogen-bond donors (Lipinski definition) is 0. The van der Waals surface area contributed by atoms with Crippen LogP contribution in [0.4, 0.5) is 0 Å². The molecule has 0 atom stereocenters. The molecule has 0 N–H and O–H groups in total. The van der Waals surface area contributed by atoms with Crippen molar-refractivity contribution in [2.24, 2.45) is 0 Å². The first-order valence-corrected chi connectivity index (χ1v) is 9.95. The molecule has 0 aliphatic carbocycles. The third kappa shape index (κ3) is 3.90. The normalized spacial score (nSPS) is 12.1. The number of methoxy groups -OCH3 is 1. The van der Waals surface area contributed by atoms with Gasteiger partial charge in [-0.25, -0.2) is 0 Å². The highest BCUT2D eigenvalue weighted by atomic mass is 32.1. The van der Waals surface area contributed by atoms with Gasteiger partial charge in [0, 0.05) is 11.1 Å². The molecule has 0 amide bonds. The lowest BCUT2D eigenvalue weighted by atomic mass is 10.2. The first-order chi connectivity index (χ1) is 14.2. The molecule has 0 aliphatic rings. The lowest BCUT2D eigenvalue weighted by molar-refractivity contribution is 0.340. The van der Waals surface area contributed by atoms with Crippen LogP contribution in [0.1, 0.15) is 12.5 Å². The number of thiazole rings is 1. The van der Waals surface area contributed by atoms with Gasteiger partial charge in [-0.1, -0.05) is 41.7 Å². The predicted octanol–water partition coefficient (Wildman–Crippen LogP) is 3.44. The SMILES string of the molecule is CCOc1ccc(-c2nc3s/c(=C\C=C\c4ccccc4OC)c(=O)n3n2)cc1. The van der Waals surface area contributed by atoms with Crippen LogP contribution in [-0.2, 0) is 0 Å². The fourth-order valence-corrected chi connectivity index (χ4v) is 3.74. The fraction of sp³-hybridized carbons (Fsp3) is 0.136. The topological polar surface area (TPSA) is 65.7 Å². The largest absolute Gasteiger partial charge is 0.496 e. The fourth-order valence-electron chi connectivity index (χ4n) is 2.88. The third-order valence-electron chi connectivity index (χ3n) is 4.27. The summed E-state index contributed by atoms with van der Waals surface area (Å²) in [6.07, 6.45) is 5.50. The third-order valence-corrected chi connectivity index (χ3v) is 5.25. The van der Waals surface area contributed by atoms with Gasteiger partial charge in [0.05, 0.1) is 18.2 Å². The Labute approximate surface area is 171 Å². The molecule has 146 valence electrons. The zero-order valence-corrected chi connectivity index (χ0v) is 16.8. The van der Waals surface area contributed by atoms with Crippen molar-refractivity contribution in [3.05, 3.63) is 75.1 Å². The van der Waals surface area contributed by atoms with E-state index in [9.17, 15) is 4.79 Å². The summed E-state index contributed by atoms with van der Waals surface area (Å²) in [6.45, 7) is 2.55. The Balaban J connectivity index is 1.62. The molecular formula is C22H19N3O3S. The van der Waals surface area contributed by atoms with Gasteiger partial charge in [-0.3, -0.25) is 4.79 Å². The first kappa shape index (κ1) is 18.9. The quantitative estimate of drug-likeness (QED) is 0.492. The van der Waals surface area contributed by atoms with E-state index in [1.807, 2.05) is 67.6 Å². The van der Waals surface area contributed by atoms with Gasteiger partial charge in [-0.2, -0.15) is 9.50 Å². The summed E-state index contributed by atoms with van der Waals surface area (Å²) in [4.78, 5) is 17.7. The highest BCUT2D eigenvalue weighted by molar-refractivity contribution is 7.15. The van der Waals surface area contributed by atoms with Gasteiger partial charge in [-0.15, -0.1) is 5.10 Å². The molecule has 2 aromatic heterocycles. The van der Waals surface area contributed by atoms with Crippen molar-refractivity contribution < 1.29 is 9.47 Å². The van der Waals surface area contributed by atoms with Gasteiger partial charge in [0.15, 0.2) is 5.82 Å². The van der Waals surface area contributed by atoms with Crippen LogP contribution in [0.15, 0.2) is 59.4 Å². The van der Waals surface area contributed by atoms with Crippen LogP contribution in [-0.4, -0.2) is 28.3 Å². The number of benzene rings is 2. The van der Waals surface area contributed by atoms with Gasteiger partial charge >= 0.3 is 0 Å². The van der Waals surface area contributed by atoms with Crippen molar-refractivity contribution in [2.45, 2.75) is 6.92 Å². The number of ether oxygens (including phenoxy) is 2. The average Bonchev–Trinajstić information content (AvgIpc) is 3.29. The van der Waals surface area contributed by atoms with Crippen molar-refractivity contribution >= 4 is 28.4 Å². The highest BCUT2D eigenvalue weighted by Crippen LogP contribution is 2.21. The summed E-state index contributed by atoms with van der Waals surface area (Å²) in [5, 5.41) is 4.37. The lowest BCUT2D eigenvalue weighted by Crippen LogP contribution is -2.23. The standard InChI is InChI=1S/C22H19N3O3S/c1-3-28-17-13-11-16(12-14-17)20-23-22-25(24-20)21(26)19(29-22)10-6-8-15-7-4-5-9-18(15)27-2/h4-14H,3H2,1-2H3/b8-6+,19-10-. The maximum atomic E-state index is 12.6. The van der Waals surface area contributed by atoms with Crippen LogP contribution in [0.5, 0.6) is 11.5 Å². The molecule has 0 fully saturated rings. The molecule has 0 bridgehead atoms. The second kappa shape index (κ2) is 8.28. The van der Waals surface area contributed by atoms with E-state index >= 15 is 0 Å². The molecule has 4 aromatic rings. The van der Waals surface area contributed by atoms with Crippen molar-refractivity contribution in [1.82, 2.24) is 14.6 Å². The number of para-hydroxylation sites is 1. The summed E-state index contributed by atoms with van der Waals surface area (Å²) in [5.41, 5.74) is 1.60. The molecule has 29 heavy (non-hydrogen) atoms. The second-order valence-corrected chi connectivity index (χ2v) is 7.14. The van der Waals surface area contributed by atoms with E-state index in [0.29, 0.717) is 21.9 Å². The number of allylic oxidation sites excluding steroid dienone is 1. The van der Waals surface area contributed by atoms with Crippen molar-refractivity contribution in [1.29, 1.82) is 0 Å². The van der Waals surface area contributed by atoms with Gasteiger partial charge in [0.25, 0.3) is 5.56 Å². The van der Waals surface area contributed by atoms with Crippen molar-refractivity contribution in [2.75, 3.05) is 13.7 Å². The maximum Gasteiger partial charge on any atom is 0.291 e. The summed E-state index contributed by atoms with van der Waals surface area (Å²) < 4.78 is 12.7. The molecule has 0 saturated heterocycles. The van der Waals surface area contributed by atoms with Crippen LogP contribution >= 0.6 is 11.3 Å². The molecule has 0 aliphatic heterocycles. The van der Waals surface area contributed by atoms with Gasteiger partial charge in [0.1, 0.15) is 11.5 Å². The molecule has 0 unspecified atom stereocenters. The Kier molecular flexibility index (Phi) is 5.39. The first-order valence-electron chi connectivity index (χ1n) is 9.14. The molecular weight excluding hydrogens is 386 g/mol. The molecule has 2 heterocycles. The maximum absolute atomic E-state index is 12.6. The minimum absolute atomic E-state index is 0.181. The van der Waals surface area contributed by atoms with Crippen LogP contribution in [0.3, 0.4) is 0 Å². The number of nitrogens with zero attached hydrogens (tertiary/aromatic N) is 3. The monoisotopic (exact) mass is 405 g/mol. The van der Waals surface area contributed by atoms with E-state index in [4.69, 9.17) is 9.47 Å². The van der Waals surface area contributed by atoms with Crippen molar-refractivity contribution in [3.8, 4) is 22.9 Å². The average molecular weight is 405 g/mol. The minimum atomic E-state index is -0.181. The summed E-state index contributed by atoms with van der Waals surface area (Å²) in [5.74, 6) is 2.09. The van der Waals surface area contributed by atoms with Crippen LogP contribution < -0.4 is 19.6 Å². The molecule has 0 spiro atoms. The van der Waals surface area contributed by atoms with E-state index < -0.39 is 0 Å². The molecule has 0 saturated carbocycles. The minimum Gasteiger partial charge on any atom is -0.496 e. The zero-order chi connectivity index (χ0) is 20.2. The number of aromatic nitrogens is 3. The van der Waals surface area contributed by atoms with Crippen LogP contribution in [0.2, 0.25) is 0 Å². The molecule has 0 radical (unpaired) electrons. The molecule has 7 heteroatoms. The number of hydrogen-bond acceptors (Lipinski definition) is 6. The lowest BCUT2D eigenvalue weighted by Gasteiger charge is -2.02.